The number of hydrogen-bond donors (Lipinski definition) is 2. The Morgan fingerprint density at radius 2 is 1.71 bits per heavy atom. The van der Waals surface area contributed by atoms with Gasteiger partial charge in [0.2, 0.25) is 5.95 Å². The number of carbonyl (C=O) groups is 2. The van der Waals surface area contributed by atoms with Crippen molar-refractivity contribution in [3.8, 4) is 0 Å². The van der Waals surface area contributed by atoms with Gasteiger partial charge in [0.15, 0.2) is 12.1 Å². The molecule has 2 aromatic rings. The number of esters is 1. The SMILES string of the molecule is C[N+]1(CC(=O)Nc2ncncn2)CCC(OC(=O)C(O)(c2ccccc2)C2CCCCC2)CC1. The molecule has 1 saturated heterocycles. The molecule has 1 saturated carbocycles. The molecule has 34 heavy (non-hydrogen) atoms. The van der Waals surface area contributed by atoms with E-state index in [1.54, 1.807) is 0 Å². The Kier molecular flexibility index (Phi) is 7.53. The lowest BCUT2D eigenvalue weighted by Crippen LogP contribution is -2.55. The predicted octanol–water partition coefficient (Wildman–Crippen LogP) is 2.43. The van der Waals surface area contributed by atoms with Crippen LogP contribution in [0, 0.1) is 5.92 Å². The first-order valence-electron chi connectivity index (χ1n) is 12.1. The Labute approximate surface area is 200 Å². The monoisotopic (exact) mass is 468 g/mol. The molecule has 1 aliphatic carbocycles. The number of nitrogens with one attached hydrogen (secondary N) is 1. The third-order valence-corrected chi connectivity index (χ3v) is 7.25. The van der Waals surface area contributed by atoms with Crippen LogP contribution in [0.3, 0.4) is 0 Å². The van der Waals surface area contributed by atoms with Gasteiger partial charge in [-0.05, 0) is 18.4 Å². The average Bonchev–Trinajstić information content (AvgIpc) is 2.86. The van der Waals surface area contributed by atoms with Gasteiger partial charge in [-0.2, -0.15) is 0 Å². The van der Waals surface area contributed by atoms with Crippen molar-refractivity contribution in [2.75, 3.05) is 32.0 Å². The molecular weight excluding hydrogens is 434 g/mol. The summed E-state index contributed by atoms with van der Waals surface area (Å²) in [6, 6.07) is 9.21. The summed E-state index contributed by atoms with van der Waals surface area (Å²) in [7, 11) is 2.02. The topological polar surface area (TPSA) is 114 Å². The minimum absolute atomic E-state index is 0.139. The molecule has 1 atom stereocenters. The Bertz CT molecular complexity index is 960. The summed E-state index contributed by atoms with van der Waals surface area (Å²) in [6.45, 7) is 1.66. The van der Waals surface area contributed by atoms with Crippen LogP contribution < -0.4 is 5.32 Å². The number of likely N-dealkylation sites (tertiary alicyclic amines) is 1. The number of aliphatic hydroxyl groups is 1. The van der Waals surface area contributed by atoms with Crippen molar-refractivity contribution >= 4 is 17.8 Å². The van der Waals surface area contributed by atoms with Crippen molar-refractivity contribution in [3.63, 3.8) is 0 Å². The number of anilines is 1. The molecule has 0 bridgehead atoms. The maximum Gasteiger partial charge on any atom is 0.343 e. The second kappa shape index (κ2) is 10.6. The van der Waals surface area contributed by atoms with Crippen molar-refractivity contribution in [2.24, 2.45) is 5.92 Å². The summed E-state index contributed by atoms with van der Waals surface area (Å²) in [5.74, 6) is -0.614. The highest BCUT2D eigenvalue weighted by atomic mass is 16.6. The molecular formula is C25H34N5O4+. The number of ether oxygens (including phenoxy) is 1. The van der Waals surface area contributed by atoms with Gasteiger partial charge in [-0.25, -0.2) is 19.7 Å². The third-order valence-electron chi connectivity index (χ3n) is 7.25. The summed E-state index contributed by atoms with van der Waals surface area (Å²) in [5.41, 5.74) is -1.01. The van der Waals surface area contributed by atoms with E-state index in [0.29, 0.717) is 36.0 Å². The minimum atomic E-state index is -1.62. The van der Waals surface area contributed by atoms with E-state index < -0.39 is 11.6 Å². The van der Waals surface area contributed by atoms with E-state index >= 15 is 0 Å². The van der Waals surface area contributed by atoms with Gasteiger partial charge in [0.1, 0.15) is 18.8 Å². The molecule has 1 unspecified atom stereocenters. The summed E-state index contributed by atoms with van der Waals surface area (Å²) in [5, 5.41) is 14.4. The van der Waals surface area contributed by atoms with Crippen molar-refractivity contribution in [1.82, 2.24) is 15.0 Å². The number of amides is 1. The van der Waals surface area contributed by atoms with Gasteiger partial charge in [0.05, 0.1) is 20.1 Å². The van der Waals surface area contributed by atoms with Crippen molar-refractivity contribution < 1.29 is 23.9 Å². The van der Waals surface area contributed by atoms with Gasteiger partial charge in [-0.1, -0.05) is 49.6 Å². The average molecular weight is 469 g/mol. The van der Waals surface area contributed by atoms with Crippen LogP contribution in [0.15, 0.2) is 43.0 Å². The molecule has 9 heteroatoms. The number of carbonyl (C=O) groups excluding carboxylic acids is 2. The van der Waals surface area contributed by atoms with Gasteiger partial charge in [0, 0.05) is 18.8 Å². The number of piperidine rings is 1. The number of rotatable bonds is 7. The highest BCUT2D eigenvalue weighted by Crippen LogP contribution is 2.41. The molecule has 1 aromatic heterocycles. The van der Waals surface area contributed by atoms with E-state index in [2.05, 4.69) is 20.3 Å². The molecule has 2 N–H and O–H groups in total. The molecule has 0 spiro atoms. The molecule has 0 radical (unpaired) electrons. The lowest BCUT2D eigenvalue weighted by molar-refractivity contribution is -0.907. The zero-order valence-electron chi connectivity index (χ0n) is 19.7. The number of aromatic nitrogens is 3. The molecule has 2 fully saturated rings. The standard InChI is InChI=1S/C25H33N5O4/c1-30(16-22(31)29-24-27-17-26-18-28-24)14-12-21(13-15-30)34-23(32)25(33,19-8-4-2-5-9-19)20-10-6-3-7-11-20/h2,4-5,8-9,17-18,20-21,33H,3,6-7,10-16H2,1H3/p+1. The van der Waals surface area contributed by atoms with Gasteiger partial charge in [-0.3, -0.25) is 10.1 Å². The number of quaternary nitrogens is 1. The van der Waals surface area contributed by atoms with Gasteiger partial charge >= 0.3 is 5.97 Å². The van der Waals surface area contributed by atoms with Crippen LogP contribution in [0.5, 0.6) is 0 Å². The number of hydrogen-bond acceptors (Lipinski definition) is 7. The fraction of sp³-hybridized carbons (Fsp3) is 0.560. The van der Waals surface area contributed by atoms with E-state index in [-0.39, 0.29) is 30.4 Å². The van der Waals surface area contributed by atoms with Crippen LogP contribution in [0.2, 0.25) is 0 Å². The van der Waals surface area contributed by atoms with Crippen LogP contribution >= 0.6 is 0 Å². The number of benzene rings is 1. The molecule has 2 heterocycles. The largest absolute Gasteiger partial charge is 0.460 e. The summed E-state index contributed by atoms with van der Waals surface area (Å²) < 4.78 is 6.47. The molecule has 9 nitrogen and oxygen atoms in total. The molecule has 1 aromatic carbocycles. The smallest absolute Gasteiger partial charge is 0.343 e. The lowest BCUT2D eigenvalue weighted by Gasteiger charge is -2.41. The molecule has 1 aliphatic heterocycles. The first-order chi connectivity index (χ1) is 16.4. The van der Waals surface area contributed by atoms with Crippen LogP contribution in [0.25, 0.3) is 0 Å². The maximum atomic E-state index is 13.4. The number of likely N-dealkylation sites (N-methyl/N-ethyl adjacent to an activating group) is 1. The van der Waals surface area contributed by atoms with Gasteiger partial charge < -0.3 is 14.3 Å². The fourth-order valence-electron chi connectivity index (χ4n) is 5.23. The first-order valence-corrected chi connectivity index (χ1v) is 12.1. The van der Waals surface area contributed by atoms with E-state index in [0.717, 1.165) is 32.1 Å². The second-order valence-corrected chi connectivity index (χ2v) is 9.81. The van der Waals surface area contributed by atoms with Crippen molar-refractivity contribution in [3.05, 3.63) is 48.5 Å². The molecule has 182 valence electrons. The van der Waals surface area contributed by atoms with E-state index in [9.17, 15) is 14.7 Å². The van der Waals surface area contributed by atoms with Crippen LogP contribution in [0.4, 0.5) is 5.95 Å². The summed E-state index contributed by atoms with van der Waals surface area (Å²) in [4.78, 5) is 37.5. The summed E-state index contributed by atoms with van der Waals surface area (Å²) in [6.07, 6.45) is 8.46. The van der Waals surface area contributed by atoms with Crippen molar-refractivity contribution in [1.29, 1.82) is 0 Å². The van der Waals surface area contributed by atoms with Gasteiger partial charge in [0.25, 0.3) is 5.91 Å². The Morgan fingerprint density at radius 1 is 1.06 bits per heavy atom. The Hall–Kier alpha value is -2.91. The highest BCUT2D eigenvalue weighted by molar-refractivity contribution is 5.89. The third kappa shape index (κ3) is 5.59. The molecule has 2 aliphatic rings. The Balaban J connectivity index is 1.36. The van der Waals surface area contributed by atoms with Crippen molar-refractivity contribution in [2.45, 2.75) is 56.7 Å². The highest BCUT2D eigenvalue weighted by Gasteiger charge is 2.48. The first kappa shape index (κ1) is 24.2. The Morgan fingerprint density at radius 3 is 2.35 bits per heavy atom. The van der Waals surface area contributed by atoms with Crippen LogP contribution in [0.1, 0.15) is 50.5 Å². The number of nitrogens with zero attached hydrogens (tertiary/aromatic N) is 4. The zero-order valence-corrected chi connectivity index (χ0v) is 19.7. The normalized spacial score (nSPS) is 25.2. The van der Waals surface area contributed by atoms with Gasteiger partial charge in [-0.15, -0.1) is 0 Å². The fourth-order valence-corrected chi connectivity index (χ4v) is 5.23. The zero-order chi connectivity index (χ0) is 24.0. The molecule has 4 rings (SSSR count). The van der Waals surface area contributed by atoms with E-state index in [1.807, 2.05) is 37.4 Å². The second-order valence-electron chi connectivity index (χ2n) is 9.81. The van der Waals surface area contributed by atoms with Crippen LogP contribution in [-0.2, 0) is 19.9 Å². The summed E-state index contributed by atoms with van der Waals surface area (Å²) >= 11 is 0. The molecule has 1 amide bonds. The lowest BCUT2D eigenvalue weighted by atomic mass is 9.73. The minimum Gasteiger partial charge on any atom is -0.460 e. The van der Waals surface area contributed by atoms with E-state index in [4.69, 9.17) is 4.74 Å². The predicted molar refractivity (Wildman–Crippen MR) is 125 cm³/mol. The quantitative estimate of drug-likeness (QED) is 0.474. The van der Waals surface area contributed by atoms with E-state index in [1.165, 1.54) is 12.7 Å². The maximum absolute atomic E-state index is 13.4. The van der Waals surface area contributed by atoms with Crippen LogP contribution in [-0.4, -0.2) is 69.2 Å².